The van der Waals surface area contributed by atoms with Crippen LogP contribution in [0, 0.1) is 5.92 Å². The van der Waals surface area contributed by atoms with E-state index < -0.39 is 11.6 Å². The van der Waals surface area contributed by atoms with Crippen LogP contribution in [0.5, 0.6) is 5.88 Å². The molecule has 0 radical (unpaired) electrons. The number of benzene rings is 1. The highest BCUT2D eigenvalue weighted by atomic mass is 16.5. The molecule has 0 bridgehead atoms. The highest BCUT2D eigenvalue weighted by Gasteiger charge is 2.40. The molecule has 1 unspecified atom stereocenters. The Labute approximate surface area is 183 Å². The maximum Gasteiger partial charge on any atom is 0.303 e. The molecule has 1 saturated carbocycles. The SMILES string of the molecule is CCc1nc(N)c2c(n1)OC(C)(C)C(c1ccc(C3CCC(CC(=O)O)CC3)cc1)N2. The van der Waals surface area contributed by atoms with E-state index in [-0.39, 0.29) is 6.04 Å². The third kappa shape index (κ3) is 4.45. The smallest absolute Gasteiger partial charge is 0.303 e. The topological polar surface area (TPSA) is 110 Å². The van der Waals surface area contributed by atoms with E-state index in [1.165, 1.54) is 5.56 Å². The number of hydrogen-bond donors (Lipinski definition) is 3. The van der Waals surface area contributed by atoms with Gasteiger partial charge in [-0.25, -0.2) is 4.98 Å². The van der Waals surface area contributed by atoms with E-state index >= 15 is 0 Å². The van der Waals surface area contributed by atoms with Crippen molar-refractivity contribution in [2.45, 2.75) is 76.9 Å². The predicted octanol–water partition coefficient (Wildman–Crippen LogP) is 4.69. The number of nitrogens with one attached hydrogen (secondary N) is 1. The van der Waals surface area contributed by atoms with Crippen LogP contribution < -0.4 is 15.8 Å². The first-order chi connectivity index (χ1) is 14.8. The van der Waals surface area contributed by atoms with E-state index in [4.69, 9.17) is 15.6 Å². The third-order valence-electron chi connectivity index (χ3n) is 6.66. The maximum atomic E-state index is 11.0. The van der Waals surface area contributed by atoms with Gasteiger partial charge in [0, 0.05) is 12.8 Å². The van der Waals surface area contributed by atoms with E-state index in [0.717, 1.165) is 31.2 Å². The van der Waals surface area contributed by atoms with Gasteiger partial charge in [0.2, 0.25) is 5.88 Å². The lowest BCUT2D eigenvalue weighted by molar-refractivity contribution is -0.138. The molecule has 1 aliphatic carbocycles. The molecule has 1 aliphatic heterocycles. The fourth-order valence-corrected chi connectivity index (χ4v) is 4.89. The third-order valence-corrected chi connectivity index (χ3v) is 6.66. The first kappa shape index (κ1) is 21.4. The molecule has 0 amide bonds. The second-order valence-electron chi connectivity index (χ2n) is 9.32. The molecule has 1 aromatic heterocycles. The minimum atomic E-state index is -0.684. The van der Waals surface area contributed by atoms with Crippen LogP contribution in [0.15, 0.2) is 24.3 Å². The summed E-state index contributed by atoms with van der Waals surface area (Å²) in [4.78, 5) is 19.8. The number of aliphatic carboxylic acids is 1. The number of carboxylic acid groups (broad SMARTS) is 1. The maximum absolute atomic E-state index is 11.0. The number of anilines is 2. The normalized spacial score (nSPS) is 24.5. The van der Waals surface area contributed by atoms with Gasteiger partial charge in [-0.15, -0.1) is 0 Å². The van der Waals surface area contributed by atoms with Gasteiger partial charge in [-0.05, 0) is 62.5 Å². The van der Waals surface area contributed by atoms with E-state index in [1.54, 1.807) is 0 Å². The van der Waals surface area contributed by atoms with Crippen molar-refractivity contribution in [1.82, 2.24) is 9.97 Å². The van der Waals surface area contributed by atoms with Gasteiger partial charge in [0.15, 0.2) is 5.82 Å². The molecule has 1 aromatic carbocycles. The molecule has 0 saturated heterocycles. The summed E-state index contributed by atoms with van der Waals surface area (Å²) in [7, 11) is 0. The van der Waals surface area contributed by atoms with Crippen LogP contribution in [0.2, 0.25) is 0 Å². The van der Waals surface area contributed by atoms with Crippen molar-refractivity contribution in [3.63, 3.8) is 0 Å². The largest absolute Gasteiger partial charge is 0.481 e. The van der Waals surface area contributed by atoms with Gasteiger partial charge in [-0.3, -0.25) is 4.79 Å². The Balaban J connectivity index is 1.49. The van der Waals surface area contributed by atoms with E-state index in [0.29, 0.717) is 47.9 Å². The molecule has 1 fully saturated rings. The molecule has 31 heavy (non-hydrogen) atoms. The number of aromatic nitrogens is 2. The summed E-state index contributed by atoms with van der Waals surface area (Å²) in [5, 5.41) is 12.5. The molecule has 2 aromatic rings. The Morgan fingerprint density at radius 1 is 1.16 bits per heavy atom. The Morgan fingerprint density at radius 2 is 1.81 bits per heavy atom. The second kappa shape index (κ2) is 8.36. The summed E-state index contributed by atoms with van der Waals surface area (Å²) in [6, 6.07) is 8.63. The van der Waals surface area contributed by atoms with Gasteiger partial charge in [0.25, 0.3) is 0 Å². The van der Waals surface area contributed by atoms with Crippen LogP contribution in [-0.2, 0) is 11.2 Å². The van der Waals surface area contributed by atoms with Crippen LogP contribution in [0.4, 0.5) is 11.5 Å². The summed E-state index contributed by atoms with van der Waals surface area (Å²) < 4.78 is 6.26. The predicted molar refractivity (Wildman–Crippen MR) is 120 cm³/mol. The number of nitrogens with two attached hydrogens (primary N) is 1. The molecule has 7 heteroatoms. The Hall–Kier alpha value is -2.83. The molecule has 1 atom stereocenters. The summed E-state index contributed by atoms with van der Waals surface area (Å²) in [5.74, 6) is 1.74. The molecule has 2 aliphatic rings. The van der Waals surface area contributed by atoms with Crippen LogP contribution in [0.3, 0.4) is 0 Å². The zero-order valence-corrected chi connectivity index (χ0v) is 18.5. The second-order valence-corrected chi connectivity index (χ2v) is 9.32. The minimum absolute atomic E-state index is 0.0845. The number of carbonyl (C=O) groups is 1. The molecule has 0 spiro atoms. The van der Waals surface area contributed by atoms with Gasteiger partial charge in [0.1, 0.15) is 17.1 Å². The van der Waals surface area contributed by atoms with Gasteiger partial charge >= 0.3 is 5.97 Å². The van der Waals surface area contributed by atoms with E-state index in [2.05, 4.69) is 53.4 Å². The number of carboxylic acids is 1. The van der Waals surface area contributed by atoms with E-state index in [9.17, 15) is 4.79 Å². The van der Waals surface area contributed by atoms with Crippen molar-refractivity contribution in [1.29, 1.82) is 0 Å². The Kier molecular flexibility index (Phi) is 5.77. The summed E-state index contributed by atoms with van der Waals surface area (Å²) in [5.41, 5.74) is 8.77. The number of hydrogen-bond acceptors (Lipinski definition) is 6. The summed E-state index contributed by atoms with van der Waals surface area (Å²) >= 11 is 0. The first-order valence-corrected chi connectivity index (χ1v) is 11.2. The molecule has 166 valence electrons. The molecule has 4 rings (SSSR count). The Bertz CT molecular complexity index is 950. The van der Waals surface area contributed by atoms with Crippen molar-refractivity contribution in [2.75, 3.05) is 11.1 Å². The van der Waals surface area contributed by atoms with Crippen LogP contribution >= 0.6 is 0 Å². The van der Waals surface area contributed by atoms with Gasteiger partial charge in [-0.2, -0.15) is 4.98 Å². The lowest BCUT2D eigenvalue weighted by Crippen LogP contribution is -2.44. The lowest BCUT2D eigenvalue weighted by Gasteiger charge is -2.41. The zero-order valence-electron chi connectivity index (χ0n) is 18.5. The quantitative estimate of drug-likeness (QED) is 0.638. The van der Waals surface area contributed by atoms with Crippen molar-refractivity contribution in [3.8, 4) is 5.88 Å². The van der Waals surface area contributed by atoms with Crippen LogP contribution in [0.1, 0.15) is 81.8 Å². The number of fused-ring (bicyclic) bond motifs is 1. The fraction of sp³-hybridized carbons (Fsp3) is 0.542. The van der Waals surface area contributed by atoms with Crippen molar-refractivity contribution >= 4 is 17.5 Å². The number of nitrogen functional groups attached to an aromatic ring is 1. The fourth-order valence-electron chi connectivity index (χ4n) is 4.89. The number of nitrogens with zero attached hydrogens (tertiary/aromatic N) is 2. The highest BCUT2D eigenvalue weighted by Crippen LogP contribution is 2.44. The number of ether oxygens (including phenoxy) is 1. The lowest BCUT2D eigenvalue weighted by atomic mass is 9.77. The number of rotatable bonds is 5. The average Bonchev–Trinajstić information content (AvgIpc) is 2.73. The van der Waals surface area contributed by atoms with Crippen LogP contribution in [0.25, 0.3) is 0 Å². The number of aryl methyl sites for hydroxylation is 1. The van der Waals surface area contributed by atoms with Crippen LogP contribution in [-0.4, -0.2) is 26.6 Å². The highest BCUT2D eigenvalue weighted by molar-refractivity contribution is 5.70. The zero-order chi connectivity index (χ0) is 22.2. The Morgan fingerprint density at radius 3 is 2.42 bits per heavy atom. The van der Waals surface area contributed by atoms with E-state index in [1.807, 2.05) is 6.92 Å². The molecule has 4 N–H and O–H groups in total. The molecular formula is C24H32N4O3. The van der Waals surface area contributed by atoms with Crippen molar-refractivity contribution in [3.05, 3.63) is 41.2 Å². The summed E-state index contributed by atoms with van der Waals surface area (Å²) in [6.45, 7) is 6.09. The van der Waals surface area contributed by atoms with Crippen molar-refractivity contribution < 1.29 is 14.6 Å². The molecule has 2 heterocycles. The van der Waals surface area contributed by atoms with Gasteiger partial charge in [-0.1, -0.05) is 31.2 Å². The first-order valence-electron chi connectivity index (χ1n) is 11.2. The standard InChI is InChI=1S/C24H32N4O3/c1-4-18-26-22(25)20-23(27-18)31-24(2,3)21(28-20)17-11-9-16(10-12-17)15-7-5-14(6-8-15)13-19(29)30/h9-12,14-15,21,28H,4-8,13H2,1-3H3,(H,29,30)(H2,25,26,27). The molecule has 7 nitrogen and oxygen atoms in total. The van der Waals surface area contributed by atoms with Gasteiger partial charge in [0.05, 0.1) is 6.04 Å². The minimum Gasteiger partial charge on any atom is -0.481 e. The molecular weight excluding hydrogens is 392 g/mol. The average molecular weight is 425 g/mol. The monoisotopic (exact) mass is 424 g/mol. The summed E-state index contributed by atoms with van der Waals surface area (Å²) in [6.07, 6.45) is 5.06. The van der Waals surface area contributed by atoms with Gasteiger partial charge < -0.3 is 20.9 Å². The van der Waals surface area contributed by atoms with Crippen molar-refractivity contribution in [2.24, 2.45) is 5.92 Å².